The van der Waals surface area contributed by atoms with Gasteiger partial charge in [0.1, 0.15) is 6.17 Å². The van der Waals surface area contributed by atoms with Crippen molar-refractivity contribution in [3.8, 4) is 0 Å². The number of nitrogens with zero attached hydrogens (tertiary/aromatic N) is 3. The molecule has 4 heterocycles. The van der Waals surface area contributed by atoms with Crippen LogP contribution in [0.4, 0.5) is 39.8 Å². The molecule has 7 heteroatoms. The minimum Gasteiger partial charge on any atom is -0.371 e. The molecule has 1 atom stereocenters. The van der Waals surface area contributed by atoms with Crippen LogP contribution in [0.5, 0.6) is 0 Å². The Bertz CT molecular complexity index is 1680. The number of rotatable bonds is 6. The van der Waals surface area contributed by atoms with E-state index in [2.05, 4.69) is 97.9 Å². The van der Waals surface area contributed by atoms with Crippen LogP contribution in [0.25, 0.3) is 10.9 Å². The van der Waals surface area contributed by atoms with Crippen molar-refractivity contribution in [1.29, 1.82) is 0 Å². The molecule has 194 valence electrons. The minimum atomic E-state index is 0.00977. The van der Waals surface area contributed by atoms with E-state index in [9.17, 15) is 0 Å². The summed E-state index contributed by atoms with van der Waals surface area (Å²) >= 11 is 0. The van der Waals surface area contributed by atoms with Crippen LogP contribution in [-0.2, 0) is 0 Å². The summed E-state index contributed by atoms with van der Waals surface area (Å²) in [7, 11) is 0. The summed E-state index contributed by atoms with van der Waals surface area (Å²) in [6, 6.07) is 27.7. The zero-order chi connectivity index (χ0) is 26.3. The fourth-order valence-corrected chi connectivity index (χ4v) is 5.31. The maximum atomic E-state index is 4.76. The molecule has 2 aliphatic heterocycles. The molecule has 0 bridgehead atoms. The van der Waals surface area contributed by atoms with E-state index in [0.29, 0.717) is 0 Å². The highest BCUT2D eigenvalue weighted by molar-refractivity contribution is 5.95. The van der Waals surface area contributed by atoms with Gasteiger partial charge in [0.15, 0.2) is 0 Å². The topological polar surface area (TPSA) is 77.1 Å². The van der Waals surface area contributed by atoms with Crippen molar-refractivity contribution in [1.82, 2.24) is 9.97 Å². The van der Waals surface area contributed by atoms with Gasteiger partial charge in [-0.3, -0.25) is 9.97 Å². The van der Waals surface area contributed by atoms with Crippen LogP contribution in [0.1, 0.15) is 29.5 Å². The number of hydrogen-bond acceptors (Lipinski definition) is 7. The van der Waals surface area contributed by atoms with Crippen molar-refractivity contribution in [3.05, 3.63) is 102 Å². The normalized spacial score (nSPS) is 15.7. The lowest BCUT2D eigenvalue weighted by Gasteiger charge is -2.33. The lowest BCUT2D eigenvalue weighted by Crippen LogP contribution is -2.36. The Morgan fingerprint density at radius 1 is 0.744 bits per heavy atom. The van der Waals surface area contributed by atoms with Crippen LogP contribution < -0.4 is 26.2 Å². The van der Waals surface area contributed by atoms with Crippen molar-refractivity contribution in [2.75, 3.05) is 39.3 Å². The first-order valence-corrected chi connectivity index (χ1v) is 13.5. The molecule has 0 saturated carbocycles. The van der Waals surface area contributed by atoms with Gasteiger partial charge >= 0.3 is 0 Å². The van der Waals surface area contributed by atoms with E-state index in [1.165, 1.54) is 17.7 Å². The number of aromatic nitrogens is 2. The number of benzene rings is 3. The molecule has 1 saturated heterocycles. The summed E-state index contributed by atoms with van der Waals surface area (Å²) in [6.45, 7) is 6.30. The van der Waals surface area contributed by atoms with Crippen molar-refractivity contribution < 1.29 is 0 Å². The summed E-state index contributed by atoms with van der Waals surface area (Å²) in [5, 5.41) is 15.5. The van der Waals surface area contributed by atoms with Crippen molar-refractivity contribution in [3.63, 3.8) is 0 Å². The van der Waals surface area contributed by atoms with Gasteiger partial charge in [-0.25, -0.2) is 0 Å². The third-order valence-electron chi connectivity index (χ3n) is 7.47. The first kappa shape index (κ1) is 23.3. The highest BCUT2D eigenvalue weighted by atomic mass is 15.2. The van der Waals surface area contributed by atoms with Gasteiger partial charge in [-0.1, -0.05) is 12.1 Å². The van der Waals surface area contributed by atoms with E-state index in [-0.39, 0.29) is 6.17 Å². The number of pyridine rings is 2. The van der Waals surface area contributed by atoms with Crippen LogP contribution >= 0.6 is 0 Å². The van der Waals surface area contributed by atoms with Crippen molar-refractivity contribution >= 4 is 50.7 Å². The van der Waals surface area contributed by atoms with Crippen LogP contribution in [0.3, 0.4) is 0 Å². The Balaban J connectivity index is 1.07. The van der Waals surface area contributed by atoms with Gasteiger partial charge in [-0.15, -0.1) is 0 Å². The van der Waals surface area contributed by atoms with E-state index in [4.69, 9.17) is 4.98 Å². The molecule has 0 spiro atoms. The predicted molar refractivity (Wildman–Crippen MR) is 162 cm³/mol. The van der Waals surface area contributed by atoms with E-state index in [1.54, 1.807) is 0 Å². The highest BCUT2D eigenvalue weighted by Crippen LogP contribution is 2.38. The molecule has 2 aliphatic rings. The maximum absolute atomic E-state index is 4.76. The number of fused-ring (bicyclic) bond motifs is 2. The lowest BCUT2D eigenvalue weighted by atomic mass is 10.1. The second kappa shape index (κ2) is 9.51. The molecular formula is C32H31N7. The van der Waals surface area contributed by atoms with Crippen LogP contribution in [0, 0.1) is 13.8 Å². The molecule has 0 radical (unpaired) electrons. The van der Waals surface area contributed by atoms with Crippen LogP contribution in [-0.4, -0.2) is 23.1 Å². The largest absolute Gasteiger partial charge is 0.371 e. The Morgan fingerprint density at radius 2 is 1.54 bits per heavy atom. The quantitative estimate of drug-likeness (QED) is 0.187. The van der Waals surface area contributed by atoms with E-state index >= 15 is 0 Å². The zero-order valence-electron chi connectivity index (χ0n) is 22.1. The predicted octanol–water partition coefficient (Wildman–Crippen LogP) is 7.48. The smallest absolute Gasteiger partial charge is 0.123 e. The van der Waals surface area contributed by atoms with Crippen LogP contribution in [0.15, 0.2) is 85.1 Å². The van der Waals surface area contributed by atoms with Crippen LogP contribution in [0.2, 0.25) is 0 Å². The number of hydrogen-bond donors (Lipinski definition) is 4. The average molecular weight is 514 g/mol. The van der Waals surface area contributed by atoms with Gasteiger partial charge in [0.25, 0.3) is 0 Å². The number of anilines is 7. The third kappa shape index (κ3) is 4.68. The summed E-state index contributed by atoms with van der Waals surface area (Å²) in [5.41, 5.74) is 11.8. The fourth-order valence-electron chi connectivity index (χ4n) is 5.31. The maximum Gasteiger partial charge on any atom is 0.123 e. The summed E-state index contributed by atoms with van der Waals surface area (Å²) in [4.78, 5) is 11.4. The Hall–Kier alpha value is -4.78. The first-order valence-electron chi connectivity index (χ1n) is 13.5. The number of nitrogens with one attached hydrogen (secondary N) is 4. The third-order valence-corrected chi connectivity index (χ3v) is 7.47. The van der Waals surface area contributed by atoms with Gasteiger partial charge in [0.2, 0.25) is 0 Å². The highest BCUT2D eigenvalue weighted by Gasteiger charge is 2.21. The van der Waals surface area contributed by atoms with Gasteiger partial charge in [-0.2, -0.15) is 0 Å². The molecular weight excluding hydrogens is 482 g/mol. The van der Waals surface area contributed by atoms with Gasteiger partial charge in [-0.05, 0) is 92.6 Å². The molecule has 7 rings (SSSR count). The fraction of sp³-hybridized carbons (Fsp3) is 0.188. The van der Waals surface area contributed by atoms with E-state index in [1.807, 2.05) is 32.2 Å². The average Bonchev–Trinajstić information content (AvgIpc) is 3.32. The monoisotopic (exact) mass is 513 g/mol. The van der Waals surface area contributed by atoms with E-state index < -0.39 is 0 Å². The summed E-state index contributed by atoms with van der Waals surface area (Å²) < 4.78 is 0. The molecule has 2 aromatic heterocycles. The second-order valence-electron chi connectivity index (χ2n) is 10.4. The molecule has 4 N–H and O–H groups in total. The Kier molecular flexibility index (Phi) is 5.69. The SMILES string of the molecule is Cc1cc(Nc2ccc3c(c2)NC(c2ccc(Nc4cc(C)nc5ccc(N6CCC6)cc45)cc2)N3)ccn1. The zero-order valence-corrected chi connectivity index (χ0v) is 22.1. The first-order chi connectivity index (χ1) is 19.1. The Labute approximate surface area is 228 Å². The molecule has 5 aromatic rings. The molecule has 1 unspecified atom stereocenters. The molecule has 0 amide bonds. The Morgan fingerprint density at radius 3 is 2.33 bits per heavy atom. The number of aryl methyl sites for hydroxylation is 2. The van der Waals surface area contributed by atoms with Crippen molar-refractivity contribution in [2.24, 2.45) is 0 Å². The molecule has 7 nitrogen and oxygen atoms in total. The van der Waals surface area contributed by atoms with Gasteiger partial charge in [0.05, 0.1) is 16.9 Å². The standard InChI is InChI=1S/C32H31N7/c1-20-16-25(12-13-33-20)35-24-8-10-29-31(18-24)38-32(37-29)22-4-6-23(7-5-22)36-30-17-21(2)34-28-11-9-26(19-27(28)30)39-14-3-15-39/h4-13,16-19,32,37-38H,3,14-15H2,1-2H3,(H,33,35)(H,34,36). The summed E-state index contributed by atoms with van der Waals surface area (Å²) in [5.74, 6) is 0. The van der Waals surface area contributed by atoms with E-state index in [0.717, 1.165) is 69.5 Å². The molecule has 3 aromatic carbocycles. The minimum absolute atomic E-state index is 0.00977. The molecule has 39 heavy (non-hydrogen) atoms. The van der Waals surface area contributed by atoms with Gasteiger partial charge in [0, 0.05) is 64.5 Å². The summed E-state index contributed by atoms with van der Waals surface area (Å²) in [6.07, 6.45) is 3.10. The van der Waals surface area contributed by atoms with Gasteiger partial charge < -0.3 is 26.2 Å². The van der Waals surface area contributed by atoms with Crippen molar-refractivity contribution in [2.45, 2.75) is 26.4 Å². The molecule has 1 fully saturated rings. The lowest BCUT2D eigenvalue weighted by molar-refractivity contribution is 0.618. The molecule has 0 aliphatic carbocycles. The second-order valence-corrected chi connectivity index (χ2v) is 10.4.